The van der Waals surface area contributed by atoms with Crippen LogP contribution in [0.2, 0.25) is 0 Å². The quantitative estimate of drug-likeness (QED) is 0.875. The molecule has 1 aromatic rings. The SMILES string of the molecule is Fc1cc(F)cc(OCC[C@@H]2CCCNC2)c1. The summed E-state index contributed by atoms with van der Waals surface area (Å²) in [5, 5.41) is 3.33. The van der Waals surface area contributed by atoms with Crippen molar-refractivity contribution >= 4 is 0 Å². The lowest BCUT2D eigenvalue weighted by Crippen LogP contribution is -2.30. The van der Waals surface area contributed by atoms with Crippen LogP contribution in [0, 0.1) is 17.6 Å². The van der Waals surface area contributed by atoms with Crippen molar-refractivity contribution in [1.29, 1.82) is 0 Å². The molecule has 0 bridgehead atoms. The Balaban J connectivity index is 1.77. The van der Waals surface area contributed by atoms with E-state index < -0.39 is 11.6 Å². The Morgan fingerprint density at radius 3 is 2.65 bits per heavy atom. The van der Waals surface area contributed by atoms with Gasteiger partial charge < -0.3 is 10.1 Å². The Labute approximate surface area is 100.0 Å². The number of benzene rings is 1. The summed E-state index contributed by atoms with van der Waals surface area (Å²) in [6, 6.07) is 3.27. The maximum Gasteiger partial charge on any atom is 0.129 e. The van der Waals surface area contributed by atoms with E-state index in [-0.39, 0.29) is 5.75 Å². The average molecular weight is 241 g/mol. The molecule has 1 saturated heterocycles. The fraction of sp³-hybridized carbons (Fsp3) is 0.538. The Bertz CT molecular complexity index is 344. The summed E-state index contributed by atoms with van der Waals surface area (Å²) >= 11 is 0. The molecule has 1 heterocycles. The van der Waals surface area contributed by atoms with Crippen LogP contribution in [0.1, 0.15) is 19.3 Å². The Kier molecular flexibility index (Phi) is 4.31. The van der Waals surface area contributed by atoms with Crippen molar-refractivity contribution in [3.63, 3.8) is 0 Å². The first-order chi connectivity index (χ1) is 8.24. The molecule has 1 aliphatic heterocycles. The minimum atomic E-state index is -0.598. The van der Waals surface area contributed by atoms with Crippen molar-refractivity contribution < 1.29 is 13.5 Å². The van der Waals surface area contributed by atoms with Gasteiger partial charge in [0.2, 0.25) is 0 Å². The van der Waals surface area contributed by atoms with E-state index in [1.165, 1.54) is 25.0 Å². The molecular formula is C13H17F2NO. The summed E-state index contributed by atoms with van der Waals surface area (Å²) in [5.74, 6) is -0.313. The molecule has 0 aromatic heterocycles. The zero-order valence-corrected chi connectivity index (χ0v) is 9.72. The standard InChI is InChI=1S/C13H17F2NO/c14-11-6-12(15)8-13(7-11)17-5-3-10-2-1-4-16-9-10/h6-8,10,16H,1-5,9H2/t10-/m0/s1. The summed E-state index contributed by atoms with van der Waals surface area (Å²) in [4.78, 5) is 0. The van der Waals surface area contributed by atoms with Crippen LogP contribution in [-0.4, -0.2) is 19.7 Å². The molecule has 1 atom stereocenters. The van der Waals surface area contributed by atoms with Gasteiger partial charge in [0, 0.05) is 18.2 Å². The predicted octanol–water partition coefficient (Wildman–Crippen LogP) is 2.73. The third-order valence-corrected chi connectivity index (χ3v) is 3.03. The second-order valence-electron chi connectivity index (χ2n) is 4.45. The van der Waals surface area contributed by atoms with Crippen LogP contribution in [0.4, 0.5) is 8.78 Å². The van der Waals surface area contributed by atoms with Crippen LogP contribution >= 0.6 is 0 Å². The Hall–Kier alpha value is -1.16. The van der Waals surface area contributed by atoms with Crippen molar-refractivity contribution in [3.05, 3.63) is 29.8 Å². The normalized spacial score (nSPS) is 20.2. The summed E-state index contributed by atoms with van der Waals surface area (Å²) in [7, 11) is 0. The van der Waals surface area contributed by atoms with E-state index in [4.69, 9.17) is 4.74 Å². The molecular weight excluding hydrogens is 224 g/mol. The van der Waals surface area contributed by atoms with Crippen molar-refractivity contribution in [3.8, 4) is 5.75 Å². The predicted molar refractivity (Wildman–Crippen MR) is 62.1 cm³/mol. The summed E-state index contributed by atoms with van der Waals surface area (Å²) in [6.07, 6.45) is 3.32. The van der Waals surface area contributed by atoms with Gasteiger partial charge in [0.15, 0.2) is 0 Å². The van der Waals surface area contributed by atoms with Gasteiger partial charge in [-0.1, -0.05) is 0 Å². The maximum atomic E-state index is 12.9. The van der Waals surface area contributed by atoms with Crippen LogP contribution < -0.4 is 10.1 Å². The second-order valence-corrected chi connectivity index (χ2v) is 4.45. The van der Waals surface area contributed by atoms with Crippen LogP contribution in [0.15, 0.2) is 18.2 Å². The van der Waals surface area contributed by atoms with E-state index in [9.17, 15) is 8.78 Å². The van der Waals surface area contributed by atoms with Gasteiger partial charge in [-0.15, -0.1) is 0 Å². The van der Waals surface area contributed by atoms with Crippen LogP contribution in [0.5, 0.6) is 5.75 Å². The molecule has 0 saturated carbocycles. The van der Waals surface area contributed by atoms with Crippen molar-refractivity contribution in [2.24, 2.45) is 5.92 Å². The molecule has 1 aliphatic rings. The molecule has 0 amide bonds. The minimum absolute atomic E-state index is 0.270. The first-order valence-electron chi connectivity index (χ1n) is 6.03. The summed E-state index contributed by atoms with van der Waals surface area (Å²) < 4.78 is 31.1. The van der Waals surface area contributed by atoms with E-state index in [0.29, 0.717) is 12.5 Å². The highest BCUT2D eigenvalue weighted by Crippen LogP contribution is 2.18. The van der Waals surface area contributed by atoms with Gasteiger partial charge in [-0.2, -0.15) is 0 Å². The molecule has 0 aliphatic carbocycles. The third kappa shape index (κ3) is 3.97. The Morgan fingerprint density at radius 1 is 1.24 bits per heavy atom. The molecule has 94 valence electrons. The molecule has 17 heavy (non-hydrogen) atoms. The van der Waals surface area contributed by atoms with Gasteiger partial charge in [0.25, 0.3) is 0 Å². The Morgan fingerprint density at radius 2 is 2.00 bits per heavy atom. The second kappa shape index (κ2) is 5.96. The number of nitrogens with one attached hydrogen (secondary N) is 1. The summed E-state index contributed by atoms with van der Waals surface area (Å²) in [6.45, 7) is 2.61. The molecule has 1 fully saturated rings. The van der Waals surface area contributed by atoms with Gasteiger partial charge in [-0.05, 0) is 38.3 Å². The molecule has 2 nitrogen and oxygen atoms in total. The lowest BCUT2D eigenvalue weighted by atomic mass is 9.97. The lowest BCUT2D eigenvalue weighted by molar-refractivity contribution is 0.252. The molecule has 0 spiro atoms. The van der Waals surface area contributed by atoms with Gasteiger partial charge in [-0.3, -0.25) is 0 Å². The minimum Gasteiger partial charge on any atom is -0.493 e. The molecule has 1 aromatic carbocycles. The van der Waals surface area contributed by atoms with Crippen LogP contribution in [0.3, 0.4) is 0 Å². The smallest absolute Gasteiger partial charge is 0.129 e. The average Bonchev–Trinajstić information content (AvgIpc) is 2.29. The first kappa shape index (κ1) is 12.3. The van der Waals surface area contributed by atoms with E-state index in [0.717, 1.165) is 25.6 Å². The number of hydrogen-bond acceptors (Lipinski definition) is 2. The fourth-order valence-corrected chi connectivity index (χ4v) is 2.13. The molecule has 0 unspecified atom stereocenters. The monoisotopic (exact) mass is 241 g/mol. The summed E-state index contributed by atoms with van der Waals surface area (Å²) in [5.41, 5.74) is 0. The number of halogens is 2. The number of ether oxygens (including phenoxy) is 1. The molecule has 2 rings (SSSR count). The first-order valence-corrected chi connectivity index (χ1v) is 6.03. The zero-order chi connectivity index (χ0) is 12.1. The van der Waals surface area contributed by atoms with Crippen molar-refractivity contribution in [1.82, 2.24) is 5.32 Å². The number of hydrogen-bond donors (Lipinski definition) is 1. The van der Waals surface area contributed by atoms with Crippen LogP contribution in [-0.2, 0) is 0 Å². The van der Waals surface area contributed by atoms with Gasteiger partial charge in [0.05, 0.1) is 6.61 Å². The zero-order valence-electron chi connectivity index (χ0n) is 9.72. The molecule has 4 heteroatoms. The largest absolute Gasteiger partial charge is 0.493 e. The topological polar surface area (TPSA) is 21.3 Å². The van der Waals surface area contributed by atoms with E-state index in [2.05, 4.69) is 5.32 Å². The van der Waals surface area contributed by atoms with E-state index in [1.807, 2.05) is 0 Å². The highest BCUT2D eigenvalue weighted by Gasteiger charge is 2.12. The van der Waals surface area contributed by atoms with Gasteiger partial charge in [0.1, 0.15) is 17.4 Å². The van der Waals surface area contributed by atoms with Crippen LogP contribution in [0.25, 0.3) is 0 Å². The van der Waals surface area contributed by atoms with Crippen molar-refractivity contribution in [2.75, 3.05) is 19.7 Å². The fourth-order valence-electron chi connectivity index (χ4n) is 2.13. The van der Waals surface area contributed by atoms with Crippen molar-refractivity contribution in [2.45, 2.75) is 19.3 Å². The highest BCUT2D eigenvalue weighted by molar-refractivity contribution is 5.23. The van der Waals surface area contributed by atoms with E-state index >= 15 is 0 Å². The number of rotatable bonds is 4. The number of piperidine rings is 1. The van der Waals surface area contributed by atoms with Gasteiger partial charge in [-0.25, -0.2) is 8.78 Å². The van der Waals surface area contributed by atoms with Gasteiger partial charge >= 0.3 is 0 Å². The molecule has 0 radical (unpaired) electrons. The third-order valence-electron chi connectivity index (χ3n) is 3.03. The lowest BCUT2D eigenvalue weighted by Gasteiger charge is -2.22. The molecule has 1 N–H and O–H groups in total. The maximum absolute atomic E-state index is 12.9. The van der Waals surface area contributed by atoms with E-state index in [1.54, 1.807) is 0 Å². The highest BCUT2D eigenvalue weighted by atomic mass is 19.1.